The summed E-state index contributed by atoms with van der Waals surface area (Å²) in [6.07, 6.45) is 1.77. The molecule has 0 aliphatic carbocycles. The van der Waals surface area contributed by atoms with Gasteiger partial charge in [0, 0.05) is 18.7 Å². The molecule has 1 atom stereocenters. The van der Waals surface area contributed by atoms with Crippen molar-refractivity contribution < 1.29 is 13.5 Å². The van der Waals surface area contributed by atoms with E-state index in [0.717, 1.165) is 12.8 Å². The summed E-state index contributed by atoms with van der Waals surface area (Å²) in [6.45, 7) is 3.73. The number of hydrogen-bond acceptors (Lipinski definition) is 3. The Morgan fingerprint density at radius 3 is 2.40 bits per heavy atom. The first-order valence-electron chi connectivity index (χ1n) is 6.61. The summed E-state index contributed by atoms with van der Waals surface area (Å²) in [5.41, 5.74) is 0.683. The highest BCUT2D eigenvalue weighted by atomic mass is 32.2. The van der Waals surface area contributed by atoms with Crippen molar-refractivity contribution in [3.63, 3.8) is 0 Å². The zero-order valence-electron chi connectivity index (χ0n) is 12.1. The molecule has 1 aromatic rings. The minimum absolute atomic E-state index is 0.0288. The third-order valence-corrected chi connectivity index (χ3v) is 5.16. The molecule has 0 saturated carbocycles. The molecule has 20 heavy (non-hydrogen) atoms. The van der Waals surface area contributed by atoms with E-state index in [1.807, 2.05) is 13.8 Å². The van der Waals surface area contributed by atoms with Gasteiger partial charge in [-0.2, -0.15) is 4.31 Å². The Kier molecular flexibility index (Phi) is 6.21. The molecule has 0 radical (unpaired) electrons. The minimum Gasteiger partial charge on any atom is -0.384 e. The van der Waals surface area contributed by atoms with Crippen LogP contribution in [0.1, 0.15) is 32.3 Å². The van der Waals surface area contributed by atoms with E-state index in [-0.39, 0.29) is 17.5 Å². The van der Waals surface area contributed by atoms with E-state index in [1.54, 1.807) is 31.3 Å². The van der Waals surface area contributed by atoms with E-state index in [0.29, 0.717) is 5.56 Å². The third kappa shape index (κ3) is 4.07. The second kappa shape index (κ2) is 7.44. The quantitative estimate of drug-likeness (QED) is 0.843. The molecule has 1 N–H and O–H groups in total. The van der Waals surface area contributed by atoms with Crippen molar-refractivity contribution >= 4 is 10.0 Å². The first-order chi connectivity index (χ1) is 9.43. The largest absolute Gasteiger partial charge is 0.384 e. The fraction of sp³-hybridized carbons (Fsp3) is 0.467. The van der Waals surface area contributed by atoms with Crippen LogP contribution in [0.4, 0.5) is 0 Å². The van der Waals surface area contributed by atoms with Gasteiger partial charge in [-0.1, -0.05) is 25.2 Å². The summed E-state index contributed by atoms with van der Waals surface area (Å²) in [5, 5.41) is 8.62. The number of nitrogens with zero attached hydrogens (tertiary/aromatic N) is 1. The first kappa shape index (κ1) is 16.7. The average molecular weight is 295 g/mol. The summed E-state index contributed by atoms with van der Waals surface area (Å²) in [4.78, 5) is 0.262. The zero-order valence-corrected chi connectivity index (χ0v) is 12.9. The maximum absolute atomic E-state index is 12.4. The van der Waals surface area contributed by atoms with Gasteiger partial charge < -0.3 is 5.11 Å². The molecule has 4 nitrogen and oxygen atoms in total. The minimum atomic E-state index is -3.46. The topological polar surface area (TPSA) is 57.6 Å². The fourth-order valence-corrected chi connectivity index (χ4v) is 3.25. The lowest BCUT2D eigenvalue weighted by Crippen LogP contribution is -2.34. The van der Waals surface area contributed by atoms with Gasteiger partial charge in [0.05, 0.1) is 4.90 Å². The number of aliphatic hydroxyl groups excluding tert-OH is 1. The average Bonchev–Trinajstić information content (AvgIpc) is 2.45. The first-order valence-corrected chi connectivity index (χ1v) is 8.05. The van der Waals surface area contributed by atoms with Crippen molar-refractivity contribution in [2.45, 2.75) is 37.6 Å². The van der Waals surface area contributed by atoms with Gasteiger partial charge in [0.1, 0.15) is 6.61 Å². The standard InChI is InChI=1S/C15H21NO3S/c1-4-6-13(2)16(3)20(18,19)15-10-8-14(9-11-15)7-5-12-17/h8-11,13,17H,4,6,12H2,1-3H3. The predicted molar refractivity (Wildman–Crippen MR) is 79.7 cm³/mol. The summed E-state index contributed by atoms with van der Waals surface area (Å²) >= 11 is 0. The summed E-state index contributed by atoms with van der Waals surface area (Å²) in [5.74, 6) is 5.26. The molecule has 1 rings (SSSR count). The maximum Gasteiger partial charge on any atom is 0.243 e. The highest BCUT2D eigenvalue weighted by Crippen LogP contribution is 2.18. The molecular weight excluding hydrogens is 274 g/mol. The molecule has 5 heteroatoms. The van der Waals surface area contributed by atoms with E-state index < -0.39 is 10.0 Å². The molecule has 0 bridgehead atoms. The summed E-state index contributed by atoms with van der Waals surface area (Å²) < 4.78 is 26.3. The van der Waals surface area contributed by atoms with Crippen molar-refractivity contribution in [2.75, 3.05) is 13.7 Å². The van der Waals surface area contributed by atoms with Crippen LogP contribution in [0.2, 0.25) is 0 Å². The lowest BCUT2D eigenvalue weighted by molar-refractivity contribution is 0.350. The zero-order chi connectivity index (χ0) is 15.2. The van der Waals surface area contributed by atoms with E-state index >= 15 is 0 Å². The van der Waals surface area contributed by atoms with Gasteiger partial charge in [-0.3, -0.25) is 0 Å². The van der Waals surface area contributed by atoms with Crippen LogP contribution in [0.3, 0.4) is 0 Å². The highest BCUT2D eigenvalue weighted by molar-refractivity contribution is 7.89. The third-order valence-electron chi connectivity index (χ3n) is 3.17. The van der Waals surface area contributed by atoms with Crippen molar-refractivity contribution in [1.29, 1.82) is 0 Å². The van der Waals surface area contributed by atoms with Gasteiger partial charge in [-0.25, -0.2) is 8.42 Å². The Hall–Kier alpha value is -1.35. The lowest BCUT2D eigenvalue weighted by atomic mass is 10.2. The second-order valence-corrected chi connectivity index (χ2v) is 6.64. The number of benzene rings is 1. The maximum atomic E-state index is 12.4. The monoisotopic (exact) mass is 295 g/mol. The molecule has 0 aliphatic heterocycles. The molecule has 0 fully saturated rings. The predicted octanol–water partition coefficient (Wildman–Crippen LogP) is 1.84. The second-order valence-electron chi connectivity index (χ2n) is 4.64. The van der Waals surface area contributed by atoms with Crippen molar-refractivity contribution in [3.8, 4) is 11.8 Å². The summed E-state index contributed by atoms with van der Waals surface area (Å²) in [7, 11) is -1.86. The van der Waals surface area contributed by atoms with E-state index in [1.165, 1.54) is 4.31 Å². The molecule has 0 amide bonds. The smallest absolute Gasteiger partial charge is 0.243 e. The Morgan fingerprint density at radius 1 is 1.30 bits per heavy atom. The molecule has 0 aliphatic rings. The molecule has 0 saturated heterocycles. The van der Waals surface area contributed by atoms with Gasteiger partial charge in [-0.15, -0.1) is 0 Å². The van der Waals surface area contributed by atoms with Crippen molar-refractivity contribution in [3.05, 3.63) is 29.8 Å². The van der Waals surface area contributed by atoms with Crippen molar-refractivity contribution in [1.82, 2.24) is 4.31 Å². The van der Waals surface area contributed by atoms with Gasteiger partial charge in [-0.05, 0) is 37.6 Å². The van der Waals surface area contributed by atoms with Crippen LogP contribution in [0.5, 0.6) is 0 Å². The van der Waals surface area contributed by atoms with E-state index in [4.69, 9.17) is 5.11 Å². The Balaban J connectivity index is 2.98. The van der Waals surface area contributed by atoms with Crippen LogP contribution in [0.15, 0.2) is 29.2 Å². The van der Waals surface area contributed by atoms with E-state index in [2.05, 4.69) is 11.8 Å². The molecular formula is C15H21NO3S. The Labute approximate surface area is 121 Å². The van der Waals surface area contributed by atoms with Crippen LogP contribution < -0.4 is 0 Å². The van der Waals surface area contributed by atoms with Crippen LogP contribution in [0, 0.1) is 11.8 Å². The number of sulfonamides is 1. The molecule has 0 heterocycles. The number of aliphatic hydroxyl groups is 1. The SMILES string of the molecule is CCCC(C)N(C)S(=O)(=O)c1ccc(C#CCO)cc1. The molecule has 1 aromatic carbocycles. The van der Waals surface area contributed by atoms with Gasteiger partial charge in [0.2, 0.25) is 10.0 Å². The van der Waals surface area contributed by atoms with Crippen LogP contribution in [-0.4, -0.2) is 37.5 Å². The Morgan fingerprint density at radius 2 is 1.90 bits per heavy atom. The molecule has 110 valence electrons. The number of hydrogen-bond donors (Lipinski definition) is 1. The highest BCUT2D eigenvalue weighted by Gasteiger charge is 2.24. The molecule has 0 spiro atoms. The molecule has 1 unspecified atom stereocenters. The fourth-order valence-electron chi connectivity index (χ4n) is 1.85. The van der Waals surface area contributed by atoms with E-state index in [9.17, 15) is 8.42 Å². The van der Waals surface area contributed by atoms with Crippen LogP contribution in [-0.2, 0) is 10.0 Å². The van der Waals surface area contributed by atoms with Gasteiger partial charge >= 0.3 is 0 Å². The number of rotatable bonds is 5. The lowest BCUT2D eigenvalue weighted by Gasteiger charge is -2.23. The van der Waals surface area contributed by atoms with Crippen LogP contribution in [0.25, 0.3) is 0 Å². The van der Waals surface area contributed by atoms with Crippen molar-refractivity contribution in [2.24, 2.45) is 0 Å². The normalized spacial score (nSPS) is 12.8. The Bertz CT molecular complexity index is 582. The van der Waals surface area contributed by atoms with Gasteiger partial charge in [0.25, 0.3) is 0 Å². The molecule has 0 aromatic heterocycles. The van der Waals surface area contributed by atoms with Gasteiger partial charge in [0.15, 0.2) is 0 Å². The summed E-state index contributed by atoms with van der Waals surface area (Å²) in [6, 6.07) is 6.36. The van der Waals surface area contributed by atoms with Crippen LogP contribution >= 0.6 is 0 Å².